The second-order valence-electron chi connectivity index (χ2n) is 6.95. The highest BCUT2D eigenvalue weighted by atomic mass is 16.5. The van der Waals surface area contributed by atoms with Gasteiger partial charge in [0.15, 0.2) is 0 Å². The summed E-state index contributed by atoms with van der Waals surface area (Å²) in [5, 5.41) is 3.39. The van der Waals surface area contributed by atoms with Crippen molar-refractivity contribution < 1.29 is 4.74 Å². The van der Waals surface area contributed by atoms with Crippen LogP contribution in [0.3, 0.4) is 0 Å². The lowest BCUT2D eigenvalue weighted by Crippen LogP contribution is -2.43. The smallest absolute Gasteiger partial charge is 0.220 e. The van der Waals surface area contributed by atoms with E-state index in [1.807, 2.05) is 0 Å². The minimum atomic E-state index is 0.135. The van der Waals surface area contributed by atoms with Gasteiger partial charge in [0.1, 0.15) is 11.9 Å². The molecule has 1 saturated heterocycles. The van der Waals surface area contributed by atoms with E-state index in [-0.39, 0.29) is 6.10 Å². The van der Waals surface area contributed by atoms with Crippen LogP contribution in [0.25, 0.3) is 0 Å². The van der Waals surface area contributed by atoms with Crippen LogP contribution in [-0.2, 0) is 13.1 Å². The highest BCUT2D eigenvalue weighted by molar-refractivity contribution is 5.45. The molecule has 0 bridgehead atoms. The normalized spacial score (nSPS) is 21.3. The van der Waals surface area contributed by atoms with Gasteiger partial charge in [0.25, 0.3) is 0 Å². The second kappa shape index (κ2) is 7.42. The zero-order chi connectivity index (χ0) is 17.1. The fraction of sp³-hybridized carbons (Fsp3) is 0.450. The van der Waals surface area contributed by atoms with E-state index < -0.39 is 0 Å². The van der Waals surface area contributed by atoms with Crippen molar-refractivity contribution in [2.75, 3.05) is 37.6 Å². The third kappa shape index (κ3) is 3.94. The van der Waals surface area contributed by atoms with Crippen molar-refractivity contribution in [1.82, 2.24) is 15.2 Å². The molecule has 1 fully saturated rings. The predicted molar refractivity (Wildman–Crippen MR) is 100.0 cm³/mol. The number of aromatic nitrogens is 1. The first-order chi connectivity index (χ1) is 12.3. The number of piperazine rings is 1. The fourth-order valence-corrected chi connectivity index (χ4v) is 3.61. The number of nitrogens with zero attached hydrogens (tertiary/aromatic N) is 3. The largest absolute Gasteiger partial charge is 0.473 e. The molecule has 1 N–H and O–H groups in total. The lowest BCUT2D eigenvalue weighted by atomic mass is 10.2. The van der Waals surface area contributed by atoms with Gasteiger partial charge in [-0.2, -0.15) is 4.98 Å². The van der Waals surface area contributed by atoms with Crippen molar-refractivity contribution in [2.24, 2.45) is 0 Å². The summed E-state index contributed by atoms with van der Waals surface area (Å²) in [5.74, 6) is 1.84. The van der Waals surface area contributed by atoms with Crippen LogP contribution in [-0.4, -0.2) is 48.7 Å². The number of anilines is 1. The van der Waals surface area contributed by atoms with E-state index in [0.29, 0.717) is 0 Å². The molecule has 5 heteroatoms. The first-order valence-electron chi connectivity index (χ1n) is 9.16. The molecule has 2 aliphatic heterocycles. The first kappa shape index (κ1) is 16.4. The maximum Gasteiger partial charge on any atom is 0.220 e. The van der Waals surface area contributed by atoms with Crippen LogP contribution in [0, 0.1) is 0 Å². The highest BCUT2D eigenvalue weighted by Crippen LogP contribution is 2.27. The van der Waals surface area contributed by atoms with Crippen molar-refractivity contribution in [1.29, 1.82) is 0 Å². The average Bonchev–Trinajstić information content (AvgIpc) is 2.80. The van der Waals surface area contributed by atoms with E-state index >= 15 is 0 Å². The van der Waals surface area contributed by atoms with Gasteiger partial charge < -0.3 is 15.0 Å². The summed E-state index contributed by atoms with van der Waals surface area (Å²) in [4.78, 5) is 9.61. The van der Waals surface area contributed by atoms with Gasteiger partial charge in [-0.1, -0.05) is 30.3 Å². The second-order valence-corrected chi connectivity index (χ2v) is 6.95. The Morgan fingerprint density at radius 1 is 1.12 bits per heavy atom. The topological polar surface area (TPSA) is 40.6 Å². The molecular weight excluding hydrogens is 312 g/mol. The zero-order valence-corrected chi connectivity index (χ0v) is 14.8. The summed E-state index contributed by atoms with van der Waals surface area (Å²) in [6.07, 6.45) is 0.135. The van der Waals surface area contributed by atoms with Gasteiger partial charge >= 0.3 is 0 Å². The molecule has 0 spiro atoms. The molecule has 0 saturated carbocycles. The Balaban J connectivity index is 1.53. The predicted octanol–water partition coefficient (Wildman–Crippen LogP) is 2.27. The number of rotatable bonds is 3. The summed E-state index contributed by atoms with van der Waals surface area (Å²) in [6.45, 7) is 8.89. The summed E-state index contributed by atoms with van der Waals surface area (Å²) in [5.41, 5.74) is 2.52. The molecule has 1 atom stereocenters. The van der Waals surface area contributed by atoms with Crippen molar-refractivity contribution in [3.63, 3.8) is 0 Å². The first-order valence-corrected chi connectivity index (χ1v) is 9.16. The Bertz CT molecular complexity index is 700. The zero-order valence-electron chi connectivity index (χ0n) is 14.8. The summed E-state index contributed by atoms with van der Waals surface area (Å²) in [6, 6.07) is 15.0. The Labute approximate surface area is 149 Å². The fourth-order valence-electron chi connectivity index (χ4n) is 3.61. The van der Waals surface area contributed by atoms with Crippen LogP contribution in [0.2, 0.25) is 0 Å². The minimum absolute atomic E-state index is 0.135. The quantitative estimate of drug-likeness (QED) is 0.930. The number of hydrogen-bond acceptors (Lipinski definition) is 5. The molecule has 1 aromatic carbocycles. The molecule has 1 unspecified atom stereocenters. The number of pyridine rings is 1. The number of nitrogens with one attached hydrogen (secondary N) is 1. The molecule has 2 aromatic rings. The Morgan fingerprint density at radius 2 is 1.92 bits per heavy atom. The van der Waals surface area contributed by atoms with E-state index in [4.69, 9.17) is 9.72 Å². The molecule has 25 heavy (non-hydrogen) atoms. The van der Waals surface area contributed by atoms with Crippen molar-refractivity contribution >= 4 is 5.82 Å². The van der Waals surface area contributed by atoms with E-state index in [9.17, 15) is 0 Å². The number of hydrogen-bond donors (Lipinski definition) is 1. The molecule has 2 aliphatic rings. The SMILES string of the molecule is CC1CN(Cc2ccccc2)Cc2ccc(N3CCNCC3)nc2O1. The molecule has 0 amide bonds. The lowest BCUT2D eigenvalue weighted by molar-refractivity contribution is 0.153. The molecule has 132 valence electrons. The number of fused-ring (bicyclic) bond motifs is 1. The minimum Gasteiger partial charge on any atom is -0.473 e. The van der Waals surface area contributed by atoms with Crippen LogP contribution in [0.5, 0.6) is 5.88 Å². The van der Waals surface area contributed by atoms with Gasteiger partial charge in [0.2, 0.25) is 5.88 Å². The third-order valence-electron chi connectivity index (χ3n) is 4.84. The van der Waals surface area contributed by atoms with Gasteiger partial charge in [-0.05, 0) is 24.6 Å². The van der Waals surface area contributed by atoms with Gasteiger partial charge in [-0.25, -0.2) is 0 Å². The van der Waals surface area contributed by atoms with E-state index in [2.05, 4.69) is 64.5 Å². The van der Waals surface area contributed by atoms with Crippen LogP contribution in [0.1, 0.15) is 18.1 Å². The molecule has 4 rings (SSSR count). The standard InChI is InChI=1S/C20H26N4O/c1-16-13-23(14-17-5-3-2-4-6-17)15-18-7-8-19(22-20(18)25-16)24-11-9-21-10-12-24/h2-8,16,21H,9-15H2,1H3. The van der Waals surface area contributed by atoms with Crippen molar-refractivity contribution in [3.05, 3.63) is 53.6 Å². The summed E-state index contributed by atoms with van der Waals surface area (Å²) >= 11 is 0. The van der Waals surface area contributed by atoms with Gasteiger partial charge in [-0.3, -0.25) is 4.90 Å². The Morgan fingerprint density at radius 3 is 2.72 bits per heavy atom. The Kier molecular flexibility index (Phi) is 4.85. The Hall–Kier alpha value is -2.11. The highest BCUT2D eigenvalue weighted by Gasteiger charge is 2.23. The van der Waals surface area contributed by atoms with Gasteiger partial charge in [0.05, 0.1) is 0 Å². The molecule has 0 radical (unpaired) electrons. The maximum atomic E-state index is 6.16. The summed E-state index contributed by atoms with van der Waals surface area (Å²) in [7, 11) is 0. The number of benzene rings is 1. The van der Waals surface area contributed by atoms with Crippen molar-refractivity contribution in [3.8, 4) is 5.88 Å². The molecule has 0 aliphatic carbocycles. The summed E-state index contributed by atoms with van der Waals surface area (Å²) < 4.78 is 6.16. The number of ether oxygens (including phenoxy) is 1. The van der Waals surface area contributed by atoms with Crippen molar-refractivity contribution in [2.45, 2.75) is 26.1 Å². The van der Waals surface area contributed by atoms with Gasteiger partial charge in [-0.15, -0.1) is 0 Å². The lowest BCUT2D eigenvalue weighted by Gasteiger charge is -2.28. The molecule has 5 nitrogen and oxygen atoms in total. The van der Waals surface area contributed by atoms with Gasteiger partial charge in [0, 0.05) is 51.4 Å². The van der Waals surface area contributed by atoms with Crippen LogP contribution in [0.4, 0.5) is 5.82 Å². The molecule has 3 heterocycles. The van der Waals surface area contributed by atoms with Crippen LogP contribution in [0.15, 0.2) is 42.5 Å². The third-order valence-corrected chi connectivity index (χ3v) is 4.84. The van der Waals surface area contributed by atoms with Crippen LogP contribution >= 0.6 is 0 Å². The van der Waals surface area contributed by atoms with E-state index in [0.717, 1.165) is 57.5 Å². The molecule has 1 aromatic heterocycles. The molecular formula is C20H26N4O. The van der Waals surface area contributed by atoms with Crippen LogP contribution < -0.4 is 15.0 Å². The van der Waals surface area contributed by atoms with E-state index in [1.165, 1.54) is 11.1 Å². The monoisotopic (exact) mass is 338 g/mol. The maximum absolute atomic E-state index is 6.16. The average molecular weight is 338 g/mol. The van der Waals surface area contributed by atoms with E-state index in [1.54, 1.807) is 0 Å².